The number of aliphatic hydroxyl groups excluding tert-OH is 1. The number of rotatable bonds is 5. The highest BCUT2D eigenvalue weighted by Crippen LogP contribution is 2.25. The van der Waals surface area contributed by atoms with E-state index < -0.39 is 0 Å². The summed E-state index contributed by atoms with van der Waals surface area (Å²) in [5, 5.41) is 14.6. The van der Waals surface area contributed by atoms with E-state index in [1.54, 1.807) is 0 Å². The lowest BCUT2D eigenvalue weighted by Gasteiger charge is -2.15. The van der Waals surface area contributed by atoms with Crippen molar-refractivity contribution < 1.29 is 9.84 Å². The van der Waals surface area contributed by atoms with Crippen LogP contribution in [0.2, 0.25) is 0 Å². The number of ether oxygens (including phenoxy) is 1. The Bertz CT molecular complexity index is 400. The highest BCUT2D eigenvalue weighted by atomic mass is 79.9. The van der Waals surface area contributed by atoms with Crippen molar-refractivity contribution in [3.05, 3.63) is 15.9 Å². The van der Waals surface area contributed by atoms with Crippen LogP contribution in [-0.4, -0.2) is 33.7 Å². The Balaban J connectivity index is 1.97. The van der Waals surface area contributed by atoms with Gasteiger partial charge < -0.3 is 9.84 Å². The molecule has 1 fully saturated rings. The second-order valence-corrected chi connectivity index (χ2v) is 5.71. The summed E-state index contributed by atoms with van der Waals surface area (Å²) in [5.41, 5.74) is 2.12. The van der Waals surface area contributed by atoms with Gasteiger partial charge in [-0.15, -0.1) is 0 Å². The van der Waals surface area contributed by atoms with Gasteiger partial charge in [0.15, 0.2) is 0 Å². The summed E-state index contributed by atoms with van der Waals surface area (Å²) in [5.74, 6) is 0. The lowest BCUT2D eigenvalue weighted by atomic mass is 10.0. The first-order valence-corrected chi connectivity index (χ1v) is 7.41. The van der Waals surface area contributed by atoms with Crippen LogP contribution in [0.15, 0.2) is 4.47 Å². The van der Waals surface area contributed by atoms with Crippen LogP contribution in [0.1, 0.15) is 37.6 Å². The molecule has 0 saturated carbocycles. The zero-order chi connectivity index (χ0) is 13.1. The van der Waals surface area contributed by atoms with Gasteiger partial charge in [-0.25, -0.2) is 0 Å². The van der Waals surface area contributed by atoms with Crippen LogP contribution >= 0.6 is 15.9 Å². The maximum absolute atomic E-state index is 10.2. The third kappa shape index (κ3) is 3.13. The second-order valence-electron chi connectivity index (χ2n) is 4.91. The van der Waals surface area contributed by atoms with Crippen LogP contribution < -0.4 is 0 Å². The predicted molar refractivity (Wildman–Crippen MR) is 73.6 cm³/mol. The van der Waals surface area contributed by atoms with Gasteiger partial charge in [0.05, 0.1) is 28.1 Å². The summed E-state index contributed by atoms with van der Waals surface area (Å²) < 4.78 is 8.46. The molecule has 2 atom stereocenters. The van der Waals surface area contributed by atoms with E-state index >= 15 is 0 Å². The third-order valence-corrected chi connectivity index (χ3v) is 4.41. The summed E-state index contributed by atoms with van der Waals surface area (Å²) in [4.78, 5) is 0. The second kappa shape index (κ2) is 6.17. The number of aliphatic hydroxyl groups is 1. The van der Waals surface area contributed by atoms with Crippen molar-refractivity contribution in [3.8, 4) is 0 Å². The summed E-state index contributed by atoms with van der Waals surface area (Å²) in [6.45, 7) is 2.92. The quantitative estimate of drug-likeness (QED) is 0.906. The number of aryl methyl sites for hydroxylation is 2. The first-order chi connectivity index (χ1) is 8.61. The van der Waals surface area contributed by atoms with Gasteiger partial charge in [0.25, 0.3) is 0 Å². The molecule has 1 aliphatic rings. The molecule has 0 bridgehead atoms. The van der Waals surface area contributed by atoms with Gasteiger partial charge in [-0.1, -0.05) is 6.92 Å². The van der Waals surface area contributed by atoms with Crippen molar-refractivity contribution in [1.82, 2.24) is 9.78 Å². The molecule has 18 heavy (non-hydrogen) atoms. The normalized spacial score (nSPS) is 21.4. The van der Waals surface area contributed by atoms with Gasteiger partial charge in [-0.2, -0.15) is 5.10 Å². The van der Waals surface area contributed by atoms with Crippen LogP contribution in [0.3, 0.4) is 0 Å². The van der Waals surface area contributed by atoms with E-state index in [0.29, 0.717) is 6.42 Å². The molecule has 2 heterocycles. The molecule has 2 unspecified atom stereocenters. The van der Waals surface area contributed by atoms with Crippen LogP contribution in [0.5, 0.6) is 0 Å². The third-order valence-electron chi connectivity index (χ3n) is 3.49. The fraction of sp³-hybridized carbons (Fsp3) is 0.769. The molecule has 1 saturated heterocycles. The highest BCUT2D eigenvalue weighted by molar-refractivity contribution is 9.10. The smallest absolute Gasteiger partial charge is 0.0766 e. The summed E-state index contributed by atoms with van der Waals surface area (Å²) >= 11 is 3.58. The molecule has 0 amide bonds. The molecule has 5 heteroatoms. The fourth-order valence-electron chi connectivity index (χ4n) is 2.48. The first kappa shape index (κ1) is 14.0. The number of hydrogen-bond donors (Lipinski definition) is 1. The number of nitrogens with zero attached hydrogens (tertiary/aromatic N) is 2. The first-order valence-electron chi connectivity index (χ1n) is 6.61. The molecule has 102 valence electrons. The van der Waals surface area contributed by atoms with Gasteiger partial charge in [-0.05, 0) is 41.6 Å². The van der Waals surface area contributed by atoms with E-state index in [1.165, 1.54) is 0 Å². The molecule has 1 aliphatic heterocycles. The summed E-state index contributed by atoms with van der Waals surface area (Å²) in [6, 6.07) is 0. The monoisotopic (exact) mass is 316 g/mol. The van der Waals surface area contributed by atoms with Crippen LogP contribution in [-0.2, 0) is 24.6 Å². The topological polar surface area (TPSA) is 47.3 Å². The van der Waals surface area contributed by atoms with Gasteiger partial charge in [0, 0.05) is 20.1 Å². The molecular formula is C13H21BrN2O2. The average Bonchev–Trinajstić information content (AvgIpc) is 2.92. The molecule has 4 nitrogen and oxygen atoms in total. The molecular weight excluding hydrogens is 296 g/mol. The Morgan fingerprint density at radius 3 is 2.94 bits per heavy atom. The lowest BCUT2D eigenvalue weighted by Crippen LogP contribution is -2.20. The van der Waals surface area contributed by atoms with Gasteiger partial charge >= 0.3 is 0 Å². The Hall–Kier alpha value is -0.390. The molecule has 0 aliphatic carbocycles. The van der Waals surface area contributed by atoms with E-state index in [0.717, 1.165) is 48.2 Å². The summed E-state index contributed by atoms with van der Waals surface area (Å²) in [7, 11) is 1.93. The maximum atomic E-state index is 10.2. The molecule has 1 aromatic heterocycles. The highest BCUT2D eigenvalue weighted by Gasteiger charge is 2.22. The number of halogens is 1. The molecule has 0 radical (unpaired) electrons. The van der Waals surface area contributed by atoms with Crippen molar-refractivity contribution in [2.45, 2.75) is 51.2 Å². The summed E-state index contributed by atoms with van der Waals surface area (Å²) in [6.07, 6.45) is 4.32. The predicted octanol–water partition coefficient (Wildman–Crippen LogP) is 2.22. The van der Waals surface area contributed by atoms with Crippen LogP contribution in [0, 0.1) is 0 Å². The number of hydrogen-bond acceptors (Lipinski definition) is 3. The number of aromatic nitrogens is 2. The Labute approximate surface area is 116 Å². The lowest BCUT2D eigenvalue weighted by molar-refractivity contribution is 0.0533. The minimum Gasteiger partial charge on any atom is -0.393 e. The Morgan fingerprint density at radius 1 is 1.61 bits per heavy atom. The van der Waals surface area contributed by atoms with Crippen molar-refractivity contribution in [2.24, 2.45) is 7.05 Å². The zero-order valence-electron chi connectivity index (χ0n) is 11.0. The molecule has 2 rings (SSSR count). The maximum Gasteiger partial charge on any atom is 0.0766 e. The standard InChI is InChI=1S/C13H21BrN2O2/c1-3-11-13(14)12(16(2)15-11)8-9(17)7-10-5-4-6-18-10/h9-10,17H,3-8H2,1-2H3. The fourth-order valence-corrected chi connectivity index (χ4v) is 3.26. The van der Waals surface area contributed by atoms with E-state index in [4.69, 9.17) is 4.74 Å². The van der Waals surface area contributed by atoms with Crippen molar-refractivity contribution in [1.29, 1.82) is 0 Å². The van der Waals surface area contributed by atoms with Gasteiger partial charge in [0.2, 0.25) is 0 Å². The van der Waals surface area contributed by atoms with E-state index in [-0.39, 0.29) is 12.2 Å². The minimum atomic E-state index is -0.357. The molecule has 0 spiro atoms. The Kier molecular flexibility index (Phi) is 4.81. The minimum absolute atomic E-state index is 0.234. The van der Waals surface area contributed by atoms with E-state index in [1.807, 2.05) is 11.7 Å². The molecule has 1 aromatic rings. The van der Waals surface area contributed by atoms with Gasteiger partial charge in [-0.3, -0.25) is 4.68 Å². The SMILES string of the molecule is CCc1nn(C)c(CC(O)CC2CCCO2)c1Br. The van der Waals surface area contributed by atoms with Crippen molar-refractivity contribution in [3.63, 3.8) is 0 Å². The average molecular weight is 317 g/mol. The zero-order valence-corrected chi connectivity index (χ0v) is 12.6. The Morgan fingerprint density at radius 2 is 2.39 bits per heavy atom. The van der Waals surface area contributed by atoms with Crippen LogP contribution in [0.25, 0.3) is 0 Å². The van der Waals surface area contributed by atoms with E-state index in [2.05, 4.69) is 28.0 Å². The largest absolute Gasteiger partial charge is 0.393 e. The van der Waals surface area contributed by atoms with Crippen molar-refractivity contribution in [2.75, 3.05) is 6.61 Å². The van der Waals surface area contributed by atoms with E-state index in [9.17, 15) is 5.11 Å². The van der Waals surface area contributed by atoms with Crippen LogP contribution in [0.4, 0.5) is 0 Å². The molecule has 1 N–H and O–H groups in total. The van der Waals surface area contributed by atoms with Gasteiger partial charge in [0.1, 0.15) is 0 Å². The molecule has 0 aromatic carbocycles. The van der Waals surface area contributed by atoms with Crippen molar-refractivity contribution >= 4 is 15.9 Å².